The Morgan fingerprint density at radius 1 is 0.635 bits per heavy atom. The van der Waals surface area contributed by atoms with Crippen LogP contribution in [0.15, 0.2) is 98.0 Å². The zero-order chi connectivity index (χ0) is 75.4. The van der Waals surface area contributed by atoms with Crippen LogP contribution in [0.3, 0.4) is 0 Å². The number of ether oxygens (including phenoxy) is 1. The van der Waals surface area contributed by atoms with E-state index in [1.54, 1.807) is 82.8 Å². The number of imidazole rings is 2. The quantitative estimate of drug-likeness (QED) is 0.0299. The molecule has 9 rings (SSSR count). The Morgan fingerprint density at radius 2 is 1.18 bits per heavy atom. The van der Waals surface area contributed by atoms with E-state index in [9.17, 15) is 39.0 Å². The largest absolute Gasteiger partial charge is 0.485 e. The number of H-pyrrole nitrogens is 3. The van der Waals surface area contributed by atoms with Crippen molar-refractivity contribution >= 4 is 87.6 Å². The monoisotopic (exact) mass is 1460 g/mol. The topological polar surface area (TPSA) is 378 Å². The number of carbonyl (C=O) groups is 11. The molecule has 2 unspecified atom stereocenters. The van der Waals surface area contributed by atoms with Gasteiger partial charge in [0.2, 0.25) is 53.2 Å². The second-order valence-electron chi connectivity index (χ2n) is 28.2. The summed E-state index contributed by atoms with van der Waals surface area (Å²) in [4.78, 5) is 185. The fourth-order valence-electron chi connectivity index (χ4n) is 14.0. The lowest BCUT2D eigenvalue weighted by Crippen LogP contribution is -2.61. The maximum atomic E-state index is 16.0. The molecule has 9 amide bonds. The number of hydrogen-bond donors (Lipinski definition) is 9. The van der Waals surface area contributed by atoms with Gasteiger partial charge in [0.1, 0.15) is 60.0 Å². The number of likely N-dealkylation sites (tertiary alicyclic amines) is 3. The number of amides is 9. The number of fused-ring (bicyclic) bond motifs is 1. The summed E-state index contributed by atoms with van der Waals surface area (Å²) in [5.41, 5.74) is 2.09. The van der Waals surface area contributed by atoms with Gasteiger partial charge in [0.15, 0.2) is 11.6 Å². The Morgan fingerprint density at radius 3 is 1.76 bits per heavy atom. The van der Waals surface area contributed by atoms with Crippen LogP contribution in [0.4, 0.5) is 4.39 Å². The standard InChI is InChI=1S/C73H93ClFN15O14/c1-41(2)62(76-6)71(101)86(8)58(33-46-37-77-39-80-46)65(95)82-51(30-43-22-25-60(49(75)29-43)104-73(3,4)5)67(97)89-27-13-18-55(89)69(99)87(9)59(34-47-38-78-40-81-47)70(100)88-26-12-17-54(88)63(93)83-52(32-44-36-79-50-16-11-10-15-48(44)50)66(96)85(7)57(31-42-20-23-45(74)24-21-42)64(94)84-53(35-61(91)92)68(98)90-28-14-19-56(90)72(102)103/h10-11,15-16,20-25,29,36-41,51-59,62,76,79H,12-14,17-19,26-28,30-35H2,1-9H3,(H,77,80)(H,78,81)(H,82,95)(H,83,93)(H,84,94)(H,91,92)(H,102,103)/t51-,52-,53?,54-,55-,56-,57-,58-,59-,62?/m0/s1. The van der Waals surface area contributed by atoms with Crippen molar-refractivity contribution in [3.8, 4) is 5.75 Å². The first kappa shape index (κ1) is 77.9. The van der Waals surface area contributed by atoms with Gasteiger partial charge in [-0.05, 0) is 119 Å². The van der Waals surface area contributed by atoms with Gasteiger partial charge in [0, 0.05) is 107 Å². The third kappa shape index (κ3) is 18.9. The van der Waals surface area contributed by atoms with E-state index in [1.165, 1.54) is 65.5 Å². The fourth-order valence-corrected chi connectivity index (χ4v) is 14.2. The van der Waals surface area contributed by atoms with Crippen LogP contribution in [-0.4, -0.2) is 243 Å². The summed E-state index contributed by atoms with van der Waals surface area (Å²) in [5.74, 6) is -10.4. The van der Waals surface area contributed by atoms with Gasteiger partial charge in [-0.2, -0.15) is 0 Å². The maximum absolute atomic E-state index is 16.0. The number of hydrogen-bond acceptors (Lipinski definition) is 15. The number of halogens is 2. The molecule has 10 atom stereocenters. The Kier molecular flexibility index (Phi) is 25.8. The molecule has 3 saturated heterocycles. The summed E-state index contributed by atoms with van der Waals surface area (Å²) in [7, 11) is 5.85. The van der Waals surface area contributed by atoms with Gasteiger partial charge in [-0.1, -0.05) is 61.8 Å². The zero-order valence-electron chi connectivity index (χ0n) is 59.8. The second kappa shape index (κ2) is 34.4. The van der Waals surface area contributed by atoms with E-state index in [0.29, 0.717) is 57.7 Å². The number of carboxylic acids is 2. The van der Waals surface area contributed by atoms with E-state index in [0.717, 1.165) is 9.80 Å². The van der Waals surface area contributed by atoms with Gasteiger partial charge in [-0.15, -0.1) is 0 Å². The zero-order valence-corrected chi connectivity index (χ0v) is 60.6. The second-order valence-corrected chi connectivity index (χ2v) is 28.6. The fraction of sp³-hybridized carbons (Fsp3) is 0.493. The third-order valence-electron chi connectivity index (χ3n) is 19.5. The molecule has 0 spiro atoms. The van der Waals surface area contributed by atoms with Crippen LogP contribution >= 0.6 is 11.6 Å². The number of nitrogens with zero attached hydrogens (tertiary/aromatic N) is 8. The molecule has 0 aliphatic carbocycles. The molecule has 3 aliphatic heterocycles. The molecule has 558 valence electrons. The first-order valence-corrected chi connectivity index (χ1v) is 35.3. The summed E-state index contributed by atoms with van der Waals surface area (Å²) in [5, 5.41) is 32.4. The van der Waals surface area contributed by atoms with Crippen molar-refractivity contribution in [2.45, 2.75) is 178 Å². The summed E-state index contributed by atoms with van der Waals surface area (Å²) < 4.78 is 21.8. The minimum absolute atomic E-state index is 0.00569. The molecule has 104 heavy (non-hydrogen) atoms. The van der Waals surface area contributed by atoms with Crippen molar-refractivity contribution < 1.29 is 72.1 Å². The van der Waals surface area contributed by atoms with E-state index >= 15 is 28.4 Å². The molecule has 9 N–H and O–H groups in total. The maximum Gasteiger partial charge on any atom is 0.326 e. The molecular weight excluding hydrogens is 1370 g/mol. The minimum Gasteiger partial charge on any atom is -0.485 e. The number of rotatable bonds is 31. The Hall–Kier alpha value is -10.2. The number of para-hydroxylation sites is 1. The predicted octanol–water partition coefficient (Wildman–Crippen LogP) is 3.81. The molecule has 0 saturated carbocycles. The lowest BCUT2D eigenvalue weighted by molar-refractivity contribution is -0.152. The number of carbonyl (C=O) groups excluding carboxylic acids is 9. The van der Waals surface area contributed by atoms with Gasteiger partial charge in [-0.25, -0.2) is 19.2 Å². The van der Waals surface area contributed by atoms with Crippen molar-refractivity contribution in [1.82, 2.24) is 75.6 Å². The minimum atomic E-state index is -1.75. The first-order valence-electron chi connectivity index (χ1n) is 34.9. The van der Waals surface area contributed by atoms with Gasteiger partial charge >= 0.3 is 11.9 Å². The van der Waals surface area contributed by atoms with E-state index in [4.69, 9.17) is 16.3 Å². The van der Waals surface area contributed by atoms with Crippen LogP contribution in [0, 0.1) is 11.7 Å². The summed E-state index contributed by atoms with van der Waals surface area (Å²) in [6.45, 7) is 9.03. The molecule has 0 bridgehead atoms. The van der Waals surface area contributed by atoms with Crippen molar-refractivity contribution in [1.29, 1.82) is 0 Å². The normalized spacial score (nSPS) is 18.0. The highest BCUT2D eigenvalue weighted by Gasteiger charge is 2.47. The number of nitrogens with one attached hydrogen (secondary N) is 7. The van der Waals surface area contributed by atoms with Crippen LogP contribution in [0.5, 0.6) is 5.75 Å². The van der Waals surface area contributed by atoms with Crippen LogP contribution in [0.2, 0.25) is 5.02 Å². The number of aromatic amines is 3. The van der Waals surface area contributed by atoms with E-state index < -0.39 is 143 Å². The molecule has 0 radical (unpaired) electrons. The number of likely N-dealkylation sites (N-methyl/N-ethyl adjacent to an activating group) is 4. The lowest BCUT2D eigenvalue weighted by Gasteiger charge is -2.37. The van der Waals surface area contributed by atoms with Crippen LogP contribution < -0.4 is 26.0 Å². The molecule has 3 aromatic carbocycles. The first-order chi connectivity index (χ1) is 49.4. The predicted molar refractivity (Wildman–Crippen MR) is 379 cm³/mol. The van der Waals surface area contributed by atoms with E-state index in [-0.39, 0.29) is 88.2 Å². The van der Waals surface area contributed by atoms with Crippen molar-refractivity contribution in [2.75, 3.05) is 47.8 Å². The molecule has 6 heterocycles. The smallest absolute Gasteiger partial charge is 0.326 e. The average Bonchev–Trinajstić information content (AvgIpc) is 1.55. The van der Waals surface area contributed by atoms with Gasteiger partial charge in [-0.3, -0.25) is 47.9 Å². The molecule has 3 aliphatic rings. The Balaban J connectivity index is 0.998. The SMILES string of the molecule is CNC(C(=O)N(C)[C@@H](Cc1c[nH]cn1)C(=O)N[C@@H](Cc1ccc(OC(C)(C)C)c(F)c1)C(=O)N1CCC[C@H]1C(=O)N(C)[C@@H](Cc1c[nH]cn1)C(=O)N1CCC[C@H]1C(=O)N[C@@H](Cc1c[nH]c2ccccc12)C(=O)N(C)[C@@H](Cc1ccc(Cl)cc1)C(=O)NC(CC(=O)O)C(=O)N1CCC[C@H]1C(=O)O)C(C)C. The molecular formula is C73H93ClFN15O14. The Bertz CT molecular complexity index is 4070. The molecule has 29 nitrogen and oxygen atoms in total. The molecule has 3 fully saturated rings. The lowest BCUT2D eigenvalue weighted by atomic mass is 9.99. The van der Waals surface area contributed by atoms with Crippen LogP contribution in [0.1, 0.15) is 108 Å². The highest BCUT2D eigenvalue weighted by atomic mass is 35.5. The van der Waals surface area contributed by atoms with Crippen molar-refractivity contribution in [3.63, 3.8) is 0 Å². The number of aromatic nitrogens is 5. The van der Waals surface area contributed by atoms with E-state index in [1.807, 2.05) is 32.0 Å². The van der Waals surface area contributed by atoms with Crippen LogP contribution in [-0.2, 0) is 84.8 Å². The van der Waals surface area contributed by atoms with Gasteiger partial charge in [0.25, 0.3) is 0 Å². The Labute approximate surface area is 606 Å². The van der Waals surface area contributed by atoms with Gasteiger partial charge < -0.3 is 80.6 Å². The molecule has 3 aromatic heterocycles. The van der Waals surface area contributed by atoms with Crippen LogP contribution in [0.25, 0.3) is 10.9 Å². The summed E-state index contributed by atoms with van der Waals surface area (Å²) >= 11 is 6.27. The third-order valence-corrected chi connectivity index (χ3v) is 19.7. The van der Waals surface area contributed by atoms with E-state index in [2.05, 4.69) is 46.2 Å². The average molecular weight is 1460 g/mol. The number of aliphatic carboxylic acids is 2. The highest BCUT2D eigenvalue weighted by Crippen LogP contribution is 2.30. The highest BCUT2D eigenvalue weighted by molar-refractivity contribution is 6.30. The molecule has 31 heteroatoms. The summed E-state index contributed by atoms with van der Waals surface area (Å²) in [6.07, 6.45) is 7.05. The summed E-state index contributed by atoms with van der Waals surface area (Å²) in [6, 6.07) is 4.55. The molecule has 6 aromatic rings. The number of carboxylic acid groups (broad SMARTS) is 2. The van der Waals surface area contributed by atoms with Crippen molar-refractivity contribution in [3.05, 3.63) is 137 Å². The van der Waals surface area contributed by atoms with Gasteiger partial charge in [0.05, 0.1) is 36.5 Å². The number of benzene rings is 3. The van der Waals surface area contributed by atoms with Crippen molar-refractivity contribution in [2.24, 2.45) is 5.92 Å².